The first-order chi connectivity index (χ1) is 10.7. The average molecular weight is 299 g/mol. The van der Waals surface area contributed by atoms with Crippen LogP contribution in [0.15, 0.2) is 36.4 Å². The van der Waals surface area contributed by atoms with Crippen molar-refractivity contribution in [3.8, 4) is 0 Å². The molecule has 1 amide bonds. The van der Waals surface area contributed by atoms with Crippen LogP contribution in [-0.4, -0.2) is 17.0 Å². The van der Waals surface area contributed by atoms with Crippen LogP contribution >= 0.6 is 0 Å². The number of rotatable bonds is 3. The maximum Gasteiger partial charge on any atom is 0.307 e. The second-order valence-electron chi connectivity index (χ2n) is 6.15. The Balaban J connectivity index is 1.75. The highest BCUT2D eigenvalue weighted by molar-refractivity contribution is 5.85. The molecular formula is C18H21NO3. The van der Waals surface area contributed by atoms with Crippen molar-refractivity contribution in [2.75, 3.05) is 0 Å². The van der Waals surface area contributed by atoms with E-state index in [1.54, 1.807) is 0 Å². The molecular weight excluding hydrogens is 278 g/mol. The third kappa shape index (κ3) is 2.91. The zero-order chi connectivity index (χ0) is 15.5. The Bertz CT molecular complexity index is 608. The molecule has 0 aromatic heterocycles. The van der Waals surface area contributed by atoms with E-state index in [1.165, 1.54) is 11.1 Å². The quantitative estimate of drug-likeness (QED) is 0.843. The number of carboxylic acids is 1. The van der Waals surface area contributed by atoms with E-state index in [1.807, 2.05) is 24.3 Å². The molecule has 2 aliphatic rings. The van der Waals surface area contributed by atoms with Crippen molar-refractivity contribution >= 4 is 11.9 Å². The molecule has 1 aromatic rings. The van der Waals surface area contributed by atoms with Crippen LogP contribution in [0, 0.1) is 11.8 Å². The summed E-state index contributed by atoms with van der Waals surface area (Å²) in [6, 6.07) is 8.20. The number of aliphatic carboxylic acids is 1. The van der Waals surface area contributed by atoms with Crippen molar-refractivity contribution < 1.29 is 14.7 Å². The lowest BCUT2D eigenvalue weighted by molar-refractivity contribution is -0.147. The summed E-state index contributed by atoms with van der Waals surface area (Å²) < 4.78 is 0. The van der Waals surface area contributed by atoms with Crippen LogP contribution in [0.3, 0.4) is 0 Å². The molecule has 22 heavy (non-hydrogen) atoms. The maximum absolute atomic E-state index is 12.6. The van der Waals surface area contributed by atoms with E-state index in [2.05, 4.69) is 17.4 Å². The lowest BCUT2D eigenvalue weighted by Gasteiger charge is -2.30. The molecule has 3 atom stereocenters. The zero-order valence-electron chi connectivity index (χ0n) is 12.5. The fourth-order valence-electron chi connectivity index (χ4n) is 3.56. The van der Waals surface area contributed by atoms with Crippen molar-refractivity contribution in [2.45, 2.75) is 38.1 Å². The van der Waals surface area contributed by atoms with Gasteiger partial charge in [-0.05, 0) is 43.2 Å². The van der Waals surface area contributed by atoms with Crippen LogP contribution in [0.5, 0.6) is 0 Å². The molecule has 0 spiro atoms. The van der Waals surface area contributed by atoms with Gasteiger partial charge in [-0.2, -0.15) is 0 Å². The van der Waals surface area contributed by atoms with Crippen LogP contribution in [0.25, 0.3) is 0 Å². The fraction of sp³-hybridized carbons (Fsp3) is 0.444. The Kier molecular flexibility index (Phi) is 4.27. The number of aryl methyl sites for hydroxylation is 1. The predicted octanol–water partition coefficient (Wildman–Crippen LogP) is 2.85. The normalized spacial score (nSPS) is 27.0. The van der Waals surface area contributed by atoms with E-state index in [4.69, 9.17) is 0 Å². The van der Waals surface area contributed by atoms with Crippen molar-refractivity contribution in [3.05, 3.63) is 47.5 Å². The monoisotopic (exact) mass is 299 g/mol. The van der Waals surface area contributed by atoms with Crippen molar-refractivity contribution in [2.24, 2.45) is 11.8 Å². The molecule has 2 aliphatic carbocycles. The third-order valence-electron chi connectivity index (χ3n) is 4.77. The molecule has 4 heteroatoms. The number of carbonyl (C=O) groups excluding carboxylic acids is 1. The van der Waals surface area contributed by atoms with Gasteiger partial charge in [-0.1, -0.05) is 36.4 Å². The molecule has 4 nitrogen and oxygen atoms in total. The van der Waals surface area contributed by atoms with Crippen LogP contribution < -0.4 is 5.32 Å². The molecule has 3 rings (SSSR count). The van der Waals surface area contributed by atoms with E-state index >= 15 is 0 Å². The average Bonchev–Trinajstić information content (AvgIpc) is 2.55. The summed E-state index contributed by atoms with van der Waals surface area (Å²) in [5.74, 6) is -2.08. The number of hydrogen-bond acceptors (Lipinski definition) is 2. The minimum absolute atomic E-state index is 0.0119. The number of benzene rings is 1. The van der Waals surface area contributed by atoms with E-state index in [9.17, 15) is 14.7 Å². The Hall–Kier alpha value is -2.10. The fourth-order valence-corrected chi connectivity index (χ4v) is 3.56. The van der Waals surface area contributed by atoms with Gasteiger partial charge in [0.15, 0.2) is 0 Å². The van der Waals surface area contributed by atoms with Gasteiger partial charge in [0.1, 0.15) is 0 Å². The summed E-state index contributed by atoms with van der Waals surface area (Å²) in [6.45, 7) is 0. The van der Waals surface area contributed by atoms with E-state index in [0.717, 1.165) is 19.3 Å². The van der Waals surface area contributed by atoms with E-state index < -0.39 is 17.8 Å². The van der Waals surface area contributed by atoms with Crippen molar-refractivity contribution in [3.63, 3.8) is 0 Å². The number of nitrogens with one attached hydrogen (secondary N) is 1. The SMILES string of the molecule is O=C(O)[C@H]1CC=CC[C@H]1C(=O)NC1CCCc2ccccc21. The Morgan fingerprint density at radius 2 is 1.82 bits per heavy atom. The van der Waals surface area contributed by atoms with Gasteiger partial charge >= 0.3 is 5.97 Å². The maximum atomic E-state index is 12.6. The second kappa shape index (κ2) is 6.34. The minimum atomic E-state index is -0.881. The first-order valence-electron chi connectivity index (χ1n) is 7.93. The smallest absolute Gasteiger partial charge is 0.307 e. The van der Waals surface area contributed by atoms with Gasteiger partial charge in [-0.3, -0.25) is 9.59 Å². The largest absolute Gasteiger partial charge is 0.481 e. The highest BCUT2D eigenvalue weighted by Gasteiger charge is 2.35. The van der Waals surface area contributed by atoms with Gasteiger partial charge < -0.3 is 10.4 Å². The van der Waals surface area contributed by atoms with Crippen LogP contribution in [0.2, 0.25) is 0 Å². The Labute approximate surface area is 130 Å². The number of carboxylic acid groups (broad SMARTS) is 1. The molecule has 0 bridgehead atoms. The molecule has 0 radical (unpaired) electrons. The lowest BCUT2D eigenvalue weighted by Crippen LogP contribution is -2.41. The topological polar surface area (TPSA) is 66.4 Å². The third-order valence-corrected chi connectivity index (χ3v) is 4.77. The molecule has 0 saturated heterocycles. The number of allylic oxidation sites excluding steroid dienone is 2. The highest BCUT2D eigenvalue weighted by atomic mass is 16.4. The van der Waals surface area contributed by atoms with Gasteiger partial charge in [-0.15, -0.1) is 0 Å². The van der Waals surface area contributed by atoms with E-state index in [0.29, 0.717) is 12.8 Å². The second-order valence-corrected chi connectivity index (χ2v) is 6.15. The lowest BCUT2D eigenvalue weighted by atomic mass is 9.81. The molecule has 0 heterocycles. The highest BCUT2D eigenvalue weighted by Crippen LogP contribution is 2.31. The number of fused-ring (bicyclic) bond motifs is 1. The van der Waals surface area contributed by atoms with Crippen molar-refractivity contribution in [1.82, 2.24) is 5.32 Å². The first kappa shape index (κ1) is 14.8. The van der Waals surface area contributed by atoms with Crippen LogP contribution in [0.4, 0.5) is 0 Å². The van der Waals surface area contributed by atoms with Gasteiger partial charge in [0.25, 0.3) is 0 Å². The molecule has 0 fully saturated rings. The van der Waals surface area contributed by atoms with Gasteiger partial charge in [-0.25, -0.2) is 0 Å². The summed E-state index contributed by atoms with van der Waals surface area (Å²) >= 11 is 0. The Morgan fingerprint density at radius 3 is 2.59 bits per heavy atom. The van der Waals surface area contributed by atoms with Gasteiger partial charge in [0.2, 0.25) is 5.91 Å². The van der Waals surface area contributed by atoms with E-state index in [-0.39, 0.29) is 11.9 Å². The first-order valence-corrected chi connectivity index (χ1v) is 7.93. The number of carbonyl (C=O) groups is 2. The molecule has 1 aromatic carbocycles. The minimum Gasteiger partial charge on any atom is -0.481 e. The molecule has 0 aliphatic heterocycles. The summed E-state index contributed by atoms with van der Waals surface area (Å²) in [6.07, 6.45) is 7.74. The van der Waals surface area contributed by atoms with Crippen molar-refractivity contribution in [1.29, 1.82) is 0 Å². The molecule has 2 N–H and O–H groups in total. The zero-order valence-corrected chi connectivity index (χ0v) is 12.5. The van der Waals surface area contributed by atoms with Gasteiger partial charge in [0, 0.05) is 0 Å². The summed E-state index contributed by atoms with van der Waals surface area (Å²) in [5.41, 5.74) is 2.47. The molecule has 116 valence electrons. The standard InChI is InChI=1S/C18H21NO3/c20-17(14-9-3-4-10-15(14)18(21)22)19-16-11-5-7-12-6-1-2-8-13(12)16/h1-4,6,8,14-16H,5,7,9-11H2,(H,19,20)(H,21,22)/t14-,15+,16?/m1/s1. The molecule has 0 saturated carbocycles. The summed E-state index contributed by atoms with van der Waals surface area (Å²) in [7, 11) is 0. The summed E-state index contributed by atoms with van der Waals surface area (Å²) in [4.78, 5) is 23.9. The van der Waals surface area contributed by atoms with Crippen LogP contribution in [0.1, 0.15) is 42.9 Å². The predicted molar refractivity (Wildman–Crippen MR) is 83.3 cm³/mol. The molecule has 1 unspecified atom stereocenters. The summed E-state index contributed by atoms with van der Waals surface area (Å²) in [5, 5.41) is 12.4. The number of hydrogen-bond donors (Lipinski definition) is 2. The van der Waals surface area contributed by atoms with Crippen LogP contribution in [-0.2, 0) is 16.0 Å². The van der Waals surface area contributed by atoms with Gasteiger partial charge in [0.05, 0.1) is 17.9 Å². The Morgan fingerprint density at radius 1 is 1.09 bits per heavy atom. The number of amides is 1.